The Morgan fingerprint density at radius 2 is 2.21 bits per heavy atom. The molecular formula is C11H18O3. The highest BCUT2D eigenvalue weighted by atomic mass is 16.7. The third-order valence-electron chi connectivity index (χ3n) is 3.56. The molecular weight excluding hydrogens is 180 g/mol. The number of fused-ring (bicyclic) bond motifs is 2. The summed E-state index contributed by atoms with van der Waals surface area (Å²) < 4.78 is 10.1. The largest absolute Gasteiger partial charge is 0.439 e. The third-order valence-corrected chi connectivity index (χ3v) is 3.56. The predicted octanol–water partition coefficient (Wildman–Crippen LogP) is 1.96. The Kier molecular flexibility index (Phi) is 3.06. The highest BCUT2D eigenvalue weighted by Crippen LogP contribution is 2.48. The minimum atomic E-state index is -0.266. The first-order valence-corrected chi connectivity index (χ1v) is 5.47. The molecule has 0 heterocycles. The van der Waals surface area contributed by atoms with E-state index in [1.165, 1.54) is 32.6 Å². The van der Waals surface area contributed by atoms with E-state index in [9.17, 15) is 4.79 Å². The zero-order chi connectivity index (χ0) is 9.97. The Labute approximate surface area is 84.8 Å². The normalized spacial score (nSPS) is 34.8. The molecule has 2 saturated carbocycles. The first kappa shape index (κ1) is 9.97. The van der Waals surface area contributed by atoms with Crippen LogP contribution in [0.2, 0.25) is 0 Å². The standard InChI is InChI=1S/C11H18O3/c1-8(12)14-7-13-6-11-5-9-2-3-10(11)4-9/h9-11H,2-7H2,1H3. The SMILES string of the molecule is CC(=O)OCOCC1CC2CCC1C2. The maximum Gasteiger partial charge on any atom is 0.304 e. The average molecular weight is 198 g/mol. The maximum absolute atomic E-state index is 10.5. The van der Waals surface area contributed by atoms with Crippen molar-refractivity contribution >= 4 is 5.97 Å². The molecule has 2 fully saturated rings. The van der Waals surface area contributed by atoms with Crippen LogP contribution >= 0.6 is 0 Å². The van der Waals surface area contributed by atoms with Gasteiger partial charge in [0.25, 0.3) is 0 Å². The van der Waals surface area contributed by atoms with E-state index < -0.39 is 0 Å². The molecule has 2 aliphatic carbocycles. The van der Waals surface area contributed by atoms with E-state index in [2.05, 4.69) is 0 Å². The van der Waals surface area contributed by atoms with Gasteiger partial charge in [0.2, 0.25) is 0 Å². The van der Waals surface area contributed by atoms with Crippen molar-refractivity contribution in [2.45, 2.75) is 32.6 Å². The fraction of sp³-hybridized carbons (Fsp3) is 0.909. The Hall–Kier alpha value is -0.570. The number of esters is 1. The zero-order valence-electron chi connectivity index (χ0n) is 8.70. The number of hydrogen-bond acceptors (Lipinski definition) is 3. The van der Waals surface area contributed by atoms with E-state index in [1.54, 1.807) is 0 Å². The molecule has 2 aliphatic rings. The summed E-state index contributed by atoms with van der Waals surface area (Å²) >= 11 is 0. The number of carbonyl (C=O) groups excluding carboxylic acids is 1. The first-order chi connectivity index (χ1) is 6.75. The fourth-order valence-electron chi connectivity index (χ4n) is 2.90. The Balaban J connectivity index is 1.60. The lowest BCUT2D eigenvalue weighted by Gasteiger charge is -2.20. The van der Waals surface area contributed by atoms with Gasteiger partial charge in [0.1, 0.15) is 0 Å². The second kappa shape index (κ2) is 4.30. The van der Waals surface area contributed by atoms with Gasteiger partial charge in [-0.2, -0.15) is 0 Å². The minimum absolute atomic E-state index is 0.128. The van der Waals surface area contributed by atoms with Crippen LogP contribution in [0.1, 0.15) is 32.6 Å². The summed E-state index contributed by atoms with van der Waals surface area (Å²) in [5.41, 5.74) is 0. The van der Waals surface area contributed by atoms with E-state index in [0.717, 1.165) is 24.4 Å². The molecule has 0 spiro atoms. The Morgan fingerprint density at radius 1 is 1.36 bits per heavy atom. The minimum Gasteiger partial charge on any atom is -0.439 e. The lowest BCUT2D eigenvalue weighted by Crippen LogP contribution is -2.18. The van der Waals surface area contributed by atoms with Crippen LogP contribution in [-0.4, -0.2) is 19.4 Å². The van der Waals surface area contributed by atoms with Gasteiger partial charge in [-0.05, 0) is 37.0 Å². The van der Waals surface area contributed by atoms with Crippen LogP contribution in [0.25, 0.3) is 0 Å². The molecule has 80 valence electrons. The van der Waals surface area contributed by atoms with Crippen LogP contribution in [0.5, 0.6) is 0 Å². The van der Waals surface area contributed by atoms with Crippen LogP contribution < -0.4 is 0 Å². The number of hydrogen-bond donors (Lipinski definition) is 0. The van der Waals surface area contributed by atoms with Gasteiger partial charge in [0.15, 0.2) is 6.79 Å². The quantitative estimate of drug-likeness (QED) is 0.393. The molecule has 2 rings (SSSR count). The lowest BCUT2D eigenvalue weighted by atomic mass is 9.90. The van der Waals surface area contributed by atoms with Crippen molar-refractivity contribution < 1.29 is 14.3 Å². The highest BCUT2D eigenvalue weighted by Gasteiger charge is 2.39. The maximum atomic E-state index is 10.5. The number of ether oxygens (including phenoxy) is 2. The van der Waals surface area contributed by atoms with E-state index in [0.29, 0.717) is 0 Å². The Bertz CT molecular complexity index is 215. The average Bonchev–Trinajstić information content (AvgIpc) is 2.73. The van der Waals surface area contributed by atoms with E-state index >= 15 is 0 Å². The molecule has 3 heteroatoms. The molecule has 0 aromatic rings. The fourth-order valence-corrected chi connectivity index (χ4v) is 2.90. The van der Waals surface area contributed by atoms with Crippen molar-refractivity contribution in [1.82, 2.24) is 0 Å². The van der Waals surface area contributed by atoms with Crippen LogP contribution in [-0.2, 0) is 14.3 Å². The molecule has 0 N–H and O–H groups in total. The summed E-state index contributed by atoms with van der Waals surface area (Å²) in [6, 6.07) is 0. The Morgan fingerprint density at radius 3 is 2.79 bits per heavy atom. The molecule has 14 heavy (non-hydrogen) atoms. The van der Waals surface area contributed by atoms with Crippen molar-refractivity contribution in [3.63, 3.8) is 0 Å². The van der Waals surface area contributed by atoms with Crippen molar-refractivity contribution in [1.29, 1.82) is 0 Å². The smallest absolute Gasteiger partial charge is 0.304 e. The summed E-state index contributed by atoms with van der Waals surface area (Å²) in [7, 11) is 0. The van der Waals surface area contributed by atoms with Gasteiger partial charge in [-0.3, -0.25) is 4.79 Å². The zero-order valence-corrected chi connectivity index (χ0v) is 8.70. The molecule has 0 saturated heterocycles. The van der Waals surface area contributed by atoms with Gasteiger partial charge < -0.3 is 9.47 Å². The molecule has 0 amide bonds. The van der Waals surface area contributed by atoms with Crippen molar-refractivity contribution in [3.8, 4) is 0 Å². The molecule has 3 nitrogen and oxygen atoms in total. The molecule has 2 bridgehead atoms. The predicted molar refractivity (Wildman–Crippen MR) is 51.5 cm³/mol. The molecule has 0 aromatic heterocycles. The summed E-state index contributed by atoms with van der Waals surface area (Å²) in [6.45, 7) is 2.30. The monoisotopic (exact) mass is 198 g/mol. The van der Waals surface area contributed by atoms with Crippen LogP contribution in [0.4, 0.5) is 0 Å². The van der Waals surface area contributed by atoms with Crippen LogP contribution in [0, 0.1) is 17.8 Å². The van der Waals surface area contributed by atoms with Gasteiger partial charge in [-0.25, -0.2) is 0 Å². The van der Waals surface area contributed by atoms with Crippen molar-refractivity contribution in [2.75, 3.05) is 13.4 Å². The lowest BCUT2D eigenvalue weighted by molar-refractivity contribution is -0.154. The van der Waals surface area contributed by atoms with Gasteiger partial charge in [-0.1, -0.05) is 6.42 Å². The van der Waals surface area contributed by atoms with Gasteiger partial charge in [0.05, 0.1) is 6.61 Å². The number of carbonyl (C=O) groups is 1. The molecule has 3 unspecified atom stereocenters. The molecule has 0 radical (unpaired) electrons. The summed E-state index contributed by atoms with van der Waals surface area (Å²) in [5.74, 6) is 2.31. The third kappa shape index (κ3) is 2.27. The van der Waals surface area contributed by atoms with E-state index in [1.807, 2.05) is 0 Å². The molecule has 0 aliphatic heterocycles. The van der Waals surface area contributed by atoms with Gasteiger partial charge in [0, 0.05) is 6.92 Å². The van der Waals surface area contributed by atoms with Crippen LogP contribution in [0.3, 0.4) is 0 Å². The summed E-state index contributed by atoms with van der Waals surface area (Å²) in [4.78, 5) is 10.5. The van der Waals surface area contributed by atoms with Crippen molar-refractivity contribution in [3.05, 3.63) is 0 Å². The van der Waals surface area contributed by atoms with Crippen LogP contribution in [0.15, 0.2) is 0 Å². The van der Waals surface area contributed by atoms with Gasteiger partial charge >= 0.3 is 5.97 Å². The summed E-state index contributed by atoms with van der Waals surface area (Å²) in [5, 5.41) is 0. The molecule has 0 aromatic carbocycles. The second-order valence-corrected chi connectivity index (χ2v) is 4.56. The topological polar surface area (TPSA) is 35.5 Å². The summed E-state index contributed by atoms with van der Waals surface area (Å²) in [6.07, 6.45) is 5.53. The van der Waals surface area contributed by atoms with E-state index in [4.69, 9.17) is 9.47 Å². The van der Waals surface area contributed by atoms with E-state index in [-0.39, 0.29) is 12.8 Å². The highest BCUT2D eigenvalue weighted by molar-refractivity contribution is 5.65. The molecule has 3 atom stereocenters. The van der Waals surface area contributed by atoms with Gasteiger partial charge in [-0.15, -0.1) is 0 Å². The van der Waals surface area contributed by atoms with Crippen molar-refractivity contribution in [2.24, 2.45) is 17.8 Å². The second-order valence-electron chi connectivity index (χ2n) is 4.56. The first-order valence-electron chi connectivity index (χ1n) is 5.47. The number of rotatable bonds is 4.